The molecule has 0 aliphatic carbocycles. The lowest BCUT2D eigenvalue weighted by Crippen LogP contribution is -2.35. The van der Waals surface area contributed by atoms with Crippen LogP contribution in [0.15, 0.2) is 0 Å². The van der Waals surface area contributed by atoms with Gasteiger partial charge in [-0.1, -0.05) is 6.92 Å². The minimum absolute atomic E-state index is 0.0321. The standard InChI is InChI=1S/C10H20N2O3/c1-2-8(7-11)10(15)12-6-4-3-5-9(13)14/h8H,2-7,11H2,1H3,(H,12,15)(H,13,14). The predicted octanol–water partition coefficient (Wildman–Crippen LogP) is 0.342. The number of carbonyl (C=O) groups is 2. The molecule has 0 saturated carbocycles. The van der Waals surface area contributed by atoms with Gasteiger partial charge in [0, 0.05) is 25.4 Å². The first-order chi connectivity index (χ1) is 7.11. The van der Waals surface area contributed by atoms with Gasteiger partial charge in [-0.2, -0.15) is 0 Å². The second kappa shape index (κ2) is 8.23. The third-order valence-electron chi connectivity index (χ3n) is 2.26. The molecule has 0 aromatic carbocycles. The van der Waals surface area contributed by atoms with E-state index in [1.165, 1.54) is 0 Å². The van der Waals surface area contributed by atoms with Crippen molar-refractivity contribution in [2.45, 2.75) is 32.6 Å². The molecule has 0 rings (SSSR count). The molecule has 0 aliphatic heterocycles. The highest BCUT2D eigenvalue weighted by atomic mass is 16.4. The number of nitrogens with one attached hydrogen (secondary N) is 1. The van der Waals surface area contributed by atoms with Gasteiger partial charge in [0.1, 0.15) is 0 Å². The molecular formula is C10H20N2O3. The van der Waals surface area contributed by atoms with Gasteiger partial charge in [-0.3, -0.25) is 9.59 Å². The summed E-state index contributed by atoms with van der Waals surface area (Å²) in [7, 11) is 0. The second-order valence-corrected chi connectivity index (χ2v) is 3.48. The van der Waals surface area contributed by atoms with Crippen LogP contribution in [0.1, 0.15) is 32.6 Å². The summed E-state index contributed by atoms with van der Waals surface area (Å²) in [6.07, 6.45) is 2.18. The van der Waals surface area contributed by atoms with Crippen molar-refractivity contribution in [2.24, 2.45) is 11.7 Å². The molecular weight excluding hydrogens is 196 g/mol. The van der Waals surface area contributed by atoms with Gasteiger partial charge >= 0.3 is 5.97 Å². The lowest BCUT2D eigenvalue weighted by molar-refractivity contribution is -0.137. The van der Waals surface area contributed by atoms with Crippen LogP contribution in [-0.2, 0) is 9.59 Å². The van der Waals surface area contributed by atoms with Crippen LogP contribution in [0.5, 0.6) is 0 Å². The van der Waals surface area contributed by atoms with Gasteiger partial charge in [-0.05, 0) is 19.3 Å². The van der Waals surface area contributed by atoms with Crippen molar-refractivity contribution < 1.29 is 14.7 Å². The summed E-state index contributed by atoms with van der Waals surface area (Å²) in [4.78, 5) is 21.6. The van der Waals surface area contributed by atoms with Crippen LogP contribution in [0.2, 0.25) is 0 Å². The van der Waals surface area contributed by atoms with Crippen LogP contribution in [0.4, 0.5) is 0 Å². The summed E-state index contributed by atoms with van der Waals surface area (Å²) in [5, 5.41) is 11.1. The third-order valence-corrected chi connectivity index (χ3v) is 2.26. The van der Waals surface area contributed by atoms with E-state index in [4.69, 9.17) is 10.8 Å². The number of nitrogens with two attached hydrogens (primary N) is 1. The third kappa shape index (κ3) is 6.90. The number of aliphatic carboxylic acids is 1. The molecule has 1 atom stereocenters. The van der Waals surface area contributed by atoms with Crippen LogP contribution in [0, 0.1) is 5.92 Å². The van der Waals surface area contributed by atoms with Gasteiger partial charge in [0.15, 0.2) is 0 Å². The van der Waals surface area contributed by atoms with Gasteiger partial charge in [0.05, 0.1) is 0 Å². The van der Waals surface area contributed by atoms with Gasteiger partial charge < -0.3 is 16.2 Å². The summed E-state index contributed by atoms with van der Waals surface area (Å²) in [5.74, 6) is -0.950. The van der Waals surface area contributed by atoms with Gasteiger partial charge in [0.25, 0.3) is 0 Å². The van der Waals surface area contributed by atoms with E-state index in [9.17, 15) is 9.59 Å². The minimum Gasteiger partial charge on any atom is -0.481 e. The predicted molar refractivity (Wildman–Crippen MR) is 57.3 cm³/mol. The summed E-state index contributed by atoms with van der Waals surface area (Å²) in [6.45, 7) is 2.81. The van der Waals surface area contributed by atoms with E-state index >= 15 is 0 Å². The Bertz CT molecular complexity index is 203. The van der Waals surface area contributed by atoms with Gasteiger partial charge in [-0.15, -0.1) is 0 Å². The molecule has 15 heavy (non-hydrogen) atoms. The largest absolute Gasteiger partial charge is 0.481 e. The number of hydrogen-bond acceptors (Lipinski definition) is 3. The smallest absolute Gasteiger partial charge is 0.303 e. The highest BCUT2D eigenvalue weighted by molar-refractivity contribution is 5.78. The molecule has 5 heteroatoms. The van der Waals surface area contributed by atoms with Crippen LogP contribution in [-0.4, -0.2) is 30.1 Å². The molecule has 0 fully saturated rings. The van der Waals surface area contributed by atoms with Crippen LogP contribution in [0.3, 0.4) is 0 Å². The number of carboxylic acid groups (broad SMARTS) is 1. The zero-order valence-electron chi connectivity index (χ0n) is 9.16. The molecule has 4 N–H and O–H groups in total. The zero-order chi connectivity index (χ0) is 11.7. The van der Waals surface area contributed by atoms with E-state index in [0.29, 0.717) is 25.9 Å². The fourth-order valence-electron chi connectivity index (χ4n) is 1.22. The average molecular weight is 216 g/mol. The molecule has 88 valence electrons. The SMILES string of the molecule is CCC(CN)C(=O)NCCCCC(=O)O. The summed E-state index contributed by atoms with van der Waals surface area (Å²) >= 11 is 0. The quantitative estimate of drug-likeness (QED) is 0.510. The minimum atomic E-state index is -0.797. The summed E-state index contributed by atoms with van der Waals surface area (Å²) < 4.78 is 0. The molecule has 0 saturated heterocycles. The second-order valence-electron chi connectivity index (χ2n) is 3.48. The summed E-state index contributed by atoms with van der Waals surface area (Å²) in [6, 6.07) is 0. The van der Waals surface area contributed by atoms with E-state index in [1.54, 1.807) is 0 Å². The topological polar surface area (TPSA) is 92.4 Å². The number of carbonyl (C=O) groups excluding carboxylic acids is 1. The lowest BCUT2D eigenvalue weighted by Gasteiger charge is -2.12. The molecule has 0 spiro atoms. The van der Waals surface area contributed by atoms with Crippen molar-refractivity contribution in [2.75, 3.05) is 13.1 Å². The Morgan fingerprint density at radius 2 is 2.07 bits per heavy atom. The number of hydrogen-bond donors (Lipinski definition) is 3. The molecule has 5 nitrogen and oxygen atoms in total. The number of carboxylic acids is 1. The normalized spacial score (nSPS) is 12.1. The van der Waals surface area contributed by atoms with Crippen molar-refractivity contribution >= 4 is 11.9 Å². The fourth-order valence-corrected chi connectivity index (χ4v) is 1.22. The Morgan fingerprint density at radius 1 is 1.40 bits per heavy atom. The number of unbranched alkanes of at least 4 members (excludes halogenated alkanes) is 1. The monoisotopic (exact) mass is 216 g/mol. The Hall–Kier alpha value is -1.10. The van der Waals surface area contributed by atoms with E-state index in [1.807, 2.05) is 6.92 Å². The van der Waals surface area contributed by atoms with E-state index in [-0.39, 0.29) is 18.2 Å². The molecule has 0 heterocycles. The maximum Gasteiger partial charge on any atom is 0.303 e. The maximum absolute atomic E-state index is 11.4. The first kappa shape index (κ1) is 13.9. The Morgan fingerprint density at radius 3 is 2.53 bits per heavy atom. The van der Waals surface area contributed by atoms with Crippen LogP contribution >= 0.6 is 0 Å². The van der Waals surface area contributed by atoms with Gasteiger partial charge in [0.2, 0.25) is 5.91 Å². The highest BCUT2D eigenvalue weighted by Gasteiger charge is 2.12. The number of rotatable bonds is 8. The molecule has 0 bridgehead atoms. The average Bonchev–Trinajstić information content (AvgIpc) is 2.18. The summed E-state index contributed by atoms with van der Waals surface area (Å²) in [5.41, 5.74) is 5.42. The van der Waals surface area contributed by atoms with Crippen LogP contribution in [0.25, 0.3) is 0 Å². The zero-order valence-corrected chi connectivity index (χ0v) is 9.16. The Kier molecular flexibility index (Phi) is 7.62. The molecule has 0 radical (unpaired) electrons. The molecule has 1 amide bonds. The maximum atomic E-state index is 11.4. The Labute approximate surface area is 90.0 Å². The molecule has 0 aromatic heterocycles. The van der Waals surface area contributed by atoms with Crippen molar-refractivity contribution in [1.82, 2.24) is 5.32 Å². The van der Waals surface area contributed by atoms with Crippen molar-refractivity contribution in [3.63, 3.8) is 0 Å². The van der Waals surface area contributed by atoms with Crippen LogP contribution < -0.4 is 11.1 Å². The van der Waals surface area contributed by atoms with E-state index in [0.717, 1.165) is 6.42 Å². The van der Waals surface area contributed by atoms with Crippen molar-refractivity contribution in [1.29, 1.82) is 0 Å². The van der Waals surface area contributed by atoms with Crippen molar-refractivity contribution in [3.8, 4) is 0 Å². The van der Waals surface area contributed by atoms with Gasteiger partial charge in [-0.25, -0.2) is 0 Å². The number of amides is 1. The highest BCUT2D eigenvalue weighted by Crippen LogP contribution is 2.00. The van der Waals surface area contributed by atoms with E-state index < -0.39 is 5.97 Å². The first-order valence-electron chi connectivity index (χ1n) is 5.31. The molecule has 1 unspecified atom stereocenters. The van der Waals surface area contributed by atoms with E-state index in [2.05, 4.69) is 5.32 Å². The van der Waals surface area contributed by atoms with Crippen molar-refractivity contribution in [3.05, 3.63) is 0 Å². The first-order valence-corrected chi connectivity index (χ1v) is 5.31. The fraction of sp³-hybridized carbons (Fsp3) is 0.800. The molecule has 0 aliphatic rings. The Balaban J connectivity index is 3.50. The lowest BCUT2D eigenvalue weighted by atomic mass is 10.1. The molecule has 0 aromatic rings.